The molecular weight excluding hydrogens is 286 g/mol. The molecule has 1 heterocycles. The first-order chi connectivity index (χ1) is 10.2. The largest absolute Gasteiger partial charge is 0.396 e. The maximum Gasteiger partial charge on any atom is 0.239 e. The predicted molar refractivity (Wildman–Crippen MR) is 87.2 cm³/mol. The zero-order valence-corrected chi connectivity index (χ0v) is 12.5. The minimum absolute atomic E-state index is 0.0133. The summed E-state index contributed by atoms with van der Waals surface area (Å²) in [6.07, 6.45) is 4.07. The second kappa shape index (κ2) is 7.75. The molecular formula is C15H17N3O2S. The highest BCUT2D eigenvalue weighted by atomic mass is 32.2. The van der Waals surface area contributed by atoms with Gasteiger partial charge in [-0.05, 0) is 24.5 Å². The molecule has 0 bridgehead atoms. The van der Waals surface area contributed by atoms with Crippen LogP contribution < -0.4 is 5.32 Å². The van der Waals surface area contributed by atoms with Crippen LogP contribution in [0.5, 0.6) is 0 Å². The quantitative estimate of drug-likeness (QED) is 0.646. The maximum absolute atomic E-state index is 11.5. The first kappa shape index (κ1) is 15.5. The number of carbonyl (C=O) groups excluding carboxylic acids is 1. The van der Waals surface area contributed by atoms with Crippen molar-refractivity contribution in [2.75, 3.05) is 6.61 Å². The van der Waals surface area contributed by atoms with Crippen LogP contribution in [0.1, 0.15) is 18.9 Å². The summed E-state index contributed by atoms with van der Waals surface area (Å²) >= 11 is 1.30. The molecule has 21 heavy (non-hydrogen) atoms. The number of nitrogens with one attached hydrogen (secondary N) is 1. The average molecular weight is 303 g/mol. The van der Waals surface area contributed by atoms with Crippen LogP contribution in [0.4, 0.5) is 0 Å². The smallest absolute Gasteiger partial charge is 0.239 e. The molecule has 0 aromatic heterocycles. The maximum atomic E-state index is 11.5. The molecule has 0 saturated carbocycles. The van der Waals surface area contributed by atoms with E-state index in [0.29, 0.717) is 11.6 Å². The van der Waals surface area contributed by atoms with Gasteiger partial charge in [-0.15, -0.1) is 5.10 Å². The number of thioether (sulfide) groups is 1. The fraction of sp³-hybridized carbons (Fsp3) is 0.267. The molecule has 1 atom stereocenters. The molecule has 110 valence electrons. The Kier molecular flexibility index (Phi) is 5.71. The van der Waals surface area contributed by atoms with Crippen molar-refractivity contribution in [3.05, 3.63) is 41.5 Å². The third kappa shape index (κ3) is 4.84. The molecule has 1 amide bonds. The number of carbonyl (C=O) groups is 1. The van der Waals surface area contributed by atoms with E-state index in [1.807, 2.05) is 43.3 Å². The number of aliphatic hydroxyl groups is 1. The number of nitrogens with zero attached hydrogens (tertiary/aromatic N) is 2. The van der Waals surface area contributed by atoms with E-state index in [4.69, 9.17) is 5.11 Å². The molecule has 1 aliphatic rings. The molecule has 1 aromatic rings. The van der Waals surface area contributed by atoms with E-state index in [-0.39, 0.29) is 17.8 Å². The van der Waals surface area contributed by atoms with Crippen molar-refractivity contribution in [1.82, 2.24) is 5.32 Å². The van der Waals surface area contributed by atoms with Gasteiger partial charge in [0.15, 0.2) is 5.17 Å². The van der Waals surface area contributed by atoms with Gasteiger partial charge in [0.2, 0.25) is 5.91 Å². The second-order valence-electron chi connectivity index (χ2n) is 4.56. The van der Waals surface area contributed by atoms with Crippen molar-refractivity contribution in [2.45, 2.75) is 18.6 Å². The van der Waals surface area contributed by atoms with Crippen molar-refractivity contribution in [1.29, 1.82) is 0 Å². The fourth-order valence-electron chi connectivity index (χ4n) is 1.78. The SMILES string of the molecule is CC(/C=N\N=C1/NC(=O)C(CCO)S1)=C/c1ccccc1. The molecule has 1 unspecified atom stereocenters. The zero-order chi connectivity index (χ0) is 15.1. The second-order valence-corrected chi connectivity index (χ2v) is 5.75. The Bertz CT molecular complexity index is 582. The molecule has 0 spiro atoms. The molecule has 1 saturated heterocycles. The molecule has 5 nitrogen and oxygen atoms in total. The van der Waals surface area contributed by atoms with Gasteiger partial charge < -0.3 is 10.4 Å². The molecule has 1 fully saturated rings. The van der Waals surface area contributed by atoms with Gasteiger partial charge in [0, 0.05) is 6.61 Å². The zero-order valence-electron chi connectivity index (χ0n) is 11.7. The summed E-state index contributed by atoms with van der Waals surface area (Å²) in [7, 11) is 0. The van der Waals surface area contributed by atoms with E-state index < -0.39 is 0 Å². The fourth-order valence-corrected chi connectivity index (χ4v) is 2.69. The van der Waals surface area contributed by atoms with E-state index in [2.05, 4.69) is 15.5 Å². The first-order valence-corrected chi connectivity index (χ1v) is 7.50. The van der Waals surface area contributed by atoms with E-state index in [0.717, 1.165) is 11.1 Å². The molecule has 2 N–H and O–H groups in total. The molecule has 6 heteroatoms. The number of amidine groups is 1. The lowest BCUT2D eigenvalue weighted by Crippen LogP contribution is -2.25. The van der Waals surface area contributed by atoms with Crippen molar-refractivity contribution in [2.24, 2.45) is 10.2 Å². The summed E-state index contributed by atoms with van der Waals surface area (Å²) in [6.45, 7) is 1.92. The van der Waals surface area contributed by atoms with Crippen molar-refractivity contribution < 1.29 is 9.90 Å². The van der Waals surface area contributed by atoms with Crippen molar-refractivity contribution in [3.8, 4) is 0 Å². The Hall–Kier alpha value is -1.92. The lowest BCUT2D eigenvalue weighted by molar-refractivity contribution is -0.119. The summed E-state index contributed by atoms with van der Waals surface area (Å²) in [6, 6.07) is 9.94. The number of aliphatic hydroxyl groups excluding tert-OH is 1. The highest BCUT2D eigenvalue weighted by molar-refractivity contribution is 8.15. The van der Waals surface area contributed by atoms with E-state index in [1.54, 1.807) is 6.21 Å². The van der Waals surface area contributed by atoms with Gasteiger partial charge in [-0.25, -0.2) is 0 Å². The van der Waals surface area contributed by atoms with Gasteiger partial charge >= 0.3 is 0 Å². The number of amides is 1. The Labute approximate surface area is 127 Å². The standard InChI is InChI=1S/C15H17N3O2S/c1-11(9-12-5-3-2-4-6-12)10-16-18-15-17-14(20)13(21-15)7-8-19/h2-6,9-10,13,19H,7-8H2,1H3,(H,17,18,20)/b11-9-,16-10-. The summed E-state index contributed by atoms with van der Waals surface area (Å²) in [5.74, 6) is -0.125. The van der Waals surface area contributed by atoms with Gasteiger partial charge in [-0.2, -0.15) is 5.10 Å². The highest BCUT2D eigenvalue weighted by Gasteiger charge is 2.29. The van der Waals surface area contributed by atoms with Crippen LogP contribution in [-0.4, -0.2) is 34.3 Å². The molecule has 0 radical (unpaired) electrons. The Balaban J connectivity index is 1.94. The van der Waals surface area contributed by atoms with Crippen molar-refractivity contribution >= 4 is 35.1 Å². The highest BCUT2D eigenvalue weighted by Crippen LogP contribution is 2.21. The molecule has 2 rings (SSSR count). The summed E-state index contributed by atoms with van der Waals surface area (Å²) in [5.41, 5.74) is 2.06. The van der Waals surface area contributed by atoms with E-state index in [1.165, 1.54) is 11.8 Å². The minimum atomic E-state index is -0.273. The third-order valence-corrected chi connectivity index (χ3v) is 3.91. The number of rotatable bonds is 5. The molecule has 1 aromatic carbocycles. The van der Waals surface area contributed by atoms with Crippen LogP contribution in [0.25, 0.3) is 6.08 Å². The summed E-state index contributed by atoms with van der Waals surface area (Å²) < 4.78 is 0. The average Bonchev–Trinajstić information content (AvgIpc) is 2.81. The summed E-state index contributed by atoms with van der Waals surface area (Å²) in [5, 5.41) is 19.6. The number of benzene rings is 1. The van der Waals surface area contributed by atoms with E-state index >= 15 is 0 Å². The van der Waals surface area contributed by atoms with Crippen LogP contribution >= 0.6 is 11.8 Å². The normalized spacial score (nSPS) is 21.2. The van der Waals surface area contributed by atoms with Gasteiger partial charge in [0.1, 0.15) is 0 Å². The number of hydrogen-bond acceptors (Lipinski definition) is 5. The van der Waals surface area contributed by atoms with Crippen molar-refractivity contribution in [3.63, 3.8) is 0 Å². The topological polar surface area (TPSA) is 74.0 Å². The Morgan fingerprint density at radius 3 is 2.90 bits per heavy atom. The van der Waals surface area contributed by atoms with Crippen LogP contribution in [0.3, 0.4) is 0 Å². The summed E-state index contributed by atoms with van der Waals surface area (Å²) in [4.78, 5) is 11.5. The molecule has 0 aliphatic carbocycles. The monoisotopic (exact) mass is 303 g/mol. The van der Waals surface area contributed by atoms with Gasteiger partial charge in [0.25, 0.3) is 0 Å². The van der Waals surface area contributed by atoms with E-state index in [9.17, 15) is 4.79 Å². The van der Waals surface area contributed by atoms with Gasteiger partial charge in [0.05, 0.1) is 11.5 Å². The lowest BCUT2D eigenvalue weighted by Gasteiger charge is -1.98. The van der Waals surface area contributed by atoms with Crippen LogP contribution in [0.2, 0.25) is 0 Å². The van der Waals surface area contributed by atoms with Crippen LogP contribution in [0.15, 0.2) is 46.1 Å². The predicted octanol–water partition coefficient (Wildman–Crippen LogP) is 2.05. The number of allylic oxidation sites excluding steroid dienone is 1. The Morgan fingerprint density at radius 1 is 1.43 bits per heavy atom. The van der Waals surface area contributed by atoms with Gasteiger partial charge in [-0.3, -0.25) is 4.79 Å². The van der Waals surface area contributed by atoms with Crippen LogP contribution in [-0.2, 0) is 4.79 Å². The van der Waals surface area contributed by atoms with Crippen LogP contribution in [0, 0.1) is 0 Å². The Morgan fingerprint density at radius 2 is 2.19 bits per heavy atom. The lowest BCUT2D eigenvalue weighted by atomic mass is 10.1. The molecule has 1 aliphatic heterocycles. The minimum Gasteiger partial charge on any atom is -0.396 e. The number of hydrogen-bond donors (Lipinski definition) is 2. The van der Waals surface area contributed by atoms with Gasteiger partial charge in [-0.1, -0.05) is 48.2 Å². The third-order valence-electron chi connectivity index (χ3n) is 2.77. The first-order valence-electron chi connectivity index (χ1n) is 6.62.